The largest absolute Gasteiger partial charge is 0.481 e. The van der Waals surface area contributed by atoms with Crippen molar-refractivity contribution in [2.75, 3.05) is 19.7 Å². The van der Waals surface area contributed by atoms with Crippen molar-refractivity contribution in [3.05, 3.63) is 95.6 Å². The number of amides is 2. The zero-order valence-corrected chi connectivity index (χ0v) is 22.5. The number of carbonyl (C=O) groups excluding carboxylic acids is 2. The second-order valence-corrected chi connectivity index (χ2v) is 10.4. The van der Waals surface area contributed by atoms with Crippen LogP contribution >= 0.6 is 0 Å². The van der Waals surface area contributed by atoms with E-state index in [0.717, 1.165) is 27.8 Å². The first-order chi connectivity index (χ1) is 19.4. The molecule has 2 amide bonds. The summed E-state index contributed by atoms with van der Waals surface area (Å²) in [6.45, 7) is 2.77. The van der Waals surface area contributed by atoms with Crippen LogP contribution in [-0.2, 0) is 25.7 Å². The van der Waals surface area contributed by atoms with Gasteiger partial charge in [-0.25, -0.2) is 4.79 Å². The standard InChI is InChI=1S/C32H34N2O6/c1-21(39-19-22-9-3-2-4-10-22)29(30(35)34-17-15-23(16-18-34)31(36)37)33-32(38)40-20-28-26-13-7-5-11-24(26)25-12-6-8-14-27(25)28/h2-14,21,23,28-29H,15-20H2,1H3,(H,33,38)(H,36,37). The van der Waals surface area contributed by atoms with Crippen molar-refractivity contribution >= 4 is 18.0 Å². The molecule has 2 atom stereocenters. The number of fused-ring (bicyclic) bond motifs is 3. The van der Waals surface area contributed by atoms with E-state index in [0.29, 0.717) is 25.9 Å². The van der Waals surface area contributed by atoms with Gasteiger partial charge in [0, 0.05) is 19.0 Å². The molecule has 0 bridgehead atoms. The van der Waals surface area contributed by atoms with Gasteiger partial charge in [0.25, 0.3) is 0 Å². The molecule has 2 unspecified atom stereocenters. The molecule has 0 saturated carbocycles. The Kier molecular flexibility index (Phi) is 8.45. The Morgan fingerprint density at radius 1 is 0.900 bits per heavy atom. The van der Waals surface area contributed by atoms with Crippen LogP contribution < -0.4 is 5.32 Å². The number of carbonyl (C=O) groups is 3. The fraction of sp³-hybridized carbons (Fsp3) is 0.344. The fourth-order valence-corrected chi connectivity index (χ4v) is 5.59. The highest BCUT2D eigenvalue weighted by atomic mass is 16.5. The third-order valence-electron chi connectivity index (χ3n) is 7.86. The molecule has 1 aliphatic heterocycles. The number of piperidine rings is 1. The molecule has 2 aliphatic rings. The number of alkyl carbamates (subject to hydrolysis) is 1. The van der Waals surface area contributed by atoms with E-state index >= 15 is 0 Å². The lowest BCUT2D eigenvalue weighted by Gasteiger charge is -2.34. The summed E-state index contributed by atoms with van der Waals surface area (Å²) in [6, 6.07) is 24.8. The van der Waals surface area contributed by atoms with Crippen LogP contribution in [0.4, 0.5) is 4.79 Å². The Labute approximate surface area is 233 Å². The number of hydrogen-bond acceptors (Lipinski definition) is 5. The van der Waals surface area contributed by atoms with E-state index in [1.807, 2.05) is 66.7 Å². The van der Waals surface area contributed by atoms with Gasteiger partial charge in [0.2, 0.25) is 5.91 Å². The third kappa shape index (κ3) is 6.02. The highest BCUT2D eigenvalue weighted by Crippen LogP contribution is 2.44. The van der Waals surface area contributed by atoms with Gasteiger partial charge < -0.3 is 24.8 Å². The highest BCUT2D eigenvalue weighted by molar-refractivity contribution is 5.87. The van der Waals surface area contributed by atoms with Gasteiger partial charge >= 0.3 is 12.1 Å². The van der Waals surface area contributed by atoms with Gasteiger partial charge in [0.05, 0.1) is 18.6 Å². The molecular formula is C32H34N2O6. The van der Waals surface area contributed by atoms with E-state index in [9.17, 15) is 19.5 Å². The summed E-state index contributed by atoms with van der Waals surface area (Å²) in [5.41, 5.74) is 5.42. The van der Waals surface area contributed by atoms with Crippen molar-refractivity contribution in [3.8, 4) is 11.1 Å². The van der Waals surface area contributed by atoms with E-state index in [4.69, 9.17) is 9.47 Å². The first-order valence-corrected chi connectivity index (χ1v) is 13.7. The Hall–Kier alpha value is -4.17. The molecule has 2 N–H and O–H groups in total. The second kappa shape index (κ2) is 12.3. The van der Waals surface area contributed by atoms with Crippen LogP contribution in [0.15, 0.2) is 78.9 Å². The third-order valence-corrected chi connectivity index (χ3v) is 7.86. The predicted molar refractivity (Wildman–Crippen MR) is 150 cm³/mol. The predicted octanol–water partition coefficient (Wildman–Crippen LogP) is 4.82. The van der Waals surface area contributed by atoms with Gasteiger partial charge in [-0.1, -0.05) is 78.9 Å². The number of carboxylic acid groups (broad SMARTS) is 1. The molecule has 1 heterocycles. The maximum atomic E-state index is 13.6. The summed E-state index contributed by atoms with van der Waals surface area (Å²) in [7, 11) is 0. The number of benzene rings is 3. The first kappa shape index (κ1) is 27.4. The van der Waals surface area contributed by atoms with Crippen molar-refractivity contribution < 1.29 is 29.0 Å². The van der Waals surface area contributed by atoms with Crippen LogP contribution in [0.1, 0.15) is 42.4 Å². The number of ether oxygens (including phenoxy) is 2. The Bertz CT molecular complexity index is 1310. The van der Waals surface area contributed by atoms with Gasteiger partial charge in [0.15, 0.2) is 0 Å². The smallest absolute Gasteiger partial charge is 0.407 e. The van der Waals surface area contributed by atoms with Crippen LogP contribution in [0.3, 0.4) is 0 Å². The molecule has 5 rings (SSSR count). The number of carboxylic acids is 1. The summed E-state index contributed by atoms with van der Waals surface area (Å²) in [4.78, 5) is 39.7. The molecular weight excluding hydrogens is 508 g/mol. The zero-order valence-electron chi connectivity index (χ0n) is 22.5. The summed E-state index contributed by atoms with van der Waals surface area (Å²) in [6.07, 6.45) is -0.600. The zero-order chi connectivity index (χ0) is 28.1. The minimum absolute atomic E-state index is 0.103. The summed E-state index contributed by atoms with van der Waals surface area (Å²) < 4.78 is 11.7. The lowest BCUT2D eigenvalue weighted by atomic mass is 9.96. The fourth-order valence-electron chi connectivity index (χ4n) is 5.59. The molecule has 208 valence electrons. The van der Waals surface area contributed by atoms with Gasteiger partial charge in [-0.15, -0.1) is 0 Å². The second-order valence-electron chi connectivity index (χ2n) is 10.4. The molecule has 0 radical (unpaired) electrons. The first-order valence-electron chi connectivity index (χ1n) is 13.7. The maximum absolute atomic E-state index is 13.6. The van der Waals surface area contributed by atoms with Crippen LogP contribution in [0, 0.1) is 5.92 Å². The average Bonchev–Trinajstić information content (AvgIpc) is 3.31. The molecule has 8 nitrogen and oxygen atoms in total. The maximum Gasteiger partial charge on any atom is 0.407 e. The van der Waals surface area contributed by atoms with E-state index in [2.05, 4.69) is 17.4 Å². The molecule has 8 heteroatoms. The number of nitrogens with zero attached hydrogens (tertiary/aromatic N) is 1. The quantitative estimate of drug-likeness (QED) is 0.402. The Morgan fingerprint density at radius 3 is 2.08 bits per heavy atom. The minimum Gasteiger partial charge on any atom is -0.481 e. The van der Waals surface area contributed by atoms with Crippen LogP contribution in [0.5, 0.6) is 0 Å². The van der Waals surface area contributed by atoms with Crippen molar-refractivity contribution in [1.29, 1.82) is 0 Å². The summed E-state index contributed by atoms with van der Waals surface area (Å²) in [5, 5.41) is 12.1. The van der Waals surface area contributed by atoms with E-state index in [-0.39, 0.29) is 25.0 Å². The van der Waals surface area contributed by atoms with Crippen molar-refractivity contribution in [2.45, 2.75) is 44.4 Å². The summed E-state index contributed by atoms with van der Waals surface area (Å²) in [5.74, 6) is -1.73. The minimum atomic E-state index is -0.985. The van der Waals surface area contributed by atoms with Crippen molar-refractivity contribution in [1.82, 2.24) is 10.2 Å². The molecule has 40 heavy (non-hydrogen) atoms. The molecule has 0 spiro atoms. The molecule has 1 aliphatic carbocycles. The lowest BCUT2D eigenvalue weighted by Crippen LogP contribution is -2.56. The van der Waals surface area contributed by atoms with Crippen LogP contribution in [-0.4, -0.2) is 59.8 Å². The lowest BCUT2D eigenvalue weighted by molar-refractivity contribution is -0.147. The van der Waals surface area contributed by atoms with Crippen molar-refractivity contribution in [2.24, 2.45) is 5.92 Å². The highest BCUT2D eigenvalue weighted by Gasteiger charge is 2.36. The van der Waals surface area contributed by atoms with Crippen LogP contribution in [0.2, 0.25) is 0 Å². The normalized spacial score (nSPS) is 16.5. The van der Waals surface area contributed by atoms with E-state index in [1.165, 1.54) is 0 Å². The van der Waals surface area contributed by atoms with Gasteiger partial charge in [-0.2, -0.15) is 0 Å². The average molecular weight is 543 g/mol. The van der Waals surface area contributed by atoms with Gasteiger partial charge in [-0.05, 0) is 47.6 Å². The van der Waals surface area contributed by atoms with Gasteiger partial charge in [-0.3, -0.25) is 9.59 Å². The topological polar surface area (TPSA) is 105 Å². The monoisotopic (exact) mass is 542 g/mol. The molecule has 3 aromatic rings. The summed E-state index contributed by atoms with van der Waals surface area (Å²) >= 11 is 0. The number of hydrogen-bond donors (Lipinski definition) is 2. The number of aliphatic carboxylic acids is 1. The van der Waals surface area contributed by atoms with E-state index in [1.54, 1.807) is 11.8 Å². The molecule has 0 aromatic heterocycles. The number of rotatable bonds is 9. The van der Waals surface area contributed by atoms with Crippen LogP contribution in [0.25, 0.3) is 11.1 Å². The van der Waals surface area contributed by atoms with Gasteiger partial charge in [0.1, 0.15) is 12.6 Å². The molecule has 3 aromatic carbocycles. The Morgan fingerprint density at radius 2 is 1.48 bits per heavy atom. The molecule has 1 fully saturated rings. The Balaban J connectivity index is 1.26. The SMILES string of the molecule is CC(OCc1ccccc1)C(NC(=O)OCC1c2ccccc2-c2ccccc21)C(=O)N1CCC(C(=O)O)CC1. The van der Waals surface area contributed by atoms with Crippen molar-refractivity contribution in [3.63, 3.8) is 0 Å². The molecule has 1 saturated heterocycles. The van der Waals surface area contributed by atoms with E-state index < -0.39 is 30.1 Å². The number of likely N-dealkylation sites (tertiary alicyclic amines) is 1. The number of nitrogens with one attached hydrogen (secondary N) is 1.